The monoisotopic (exact) mass is 448 g/mol. The fraction of sp³-hybridized carbons (Fsp3) is 0.583. The van der Waals surface area contributed by atoms with Gasteiger partial charge in [-0.3, -0.25) is 14.4 Å². The lowest BCUT2D eigenvalue weighted by Crippen LogP contribution is -2.42. The van der Waals surface area contributed by atoms with Gasteiger partial charge in [0.15, 0.2) is 5.41 Å². The zero-order valence-corrected chi connectivity index (χ0v) is 19.1. The lowest BCUT2D eigenvalue weighted by molar-refractivity contribution is -0.165. The first-order valence-corrected chi connectivity index (χ1v) is 10.8. The lowest BCUT2D eigenvalue weighted by atomic mass is 9.75. The number of carboxylic acid groups (broad SMARTS) is 2. The van der Waals surface area contributed by atoms with Gasteiger partial charge < -0.3 is 19.7 Å². The van der Waals surface area contributed by atoms with E-state index in [1.807, 2.05) is 0 Å². The maximum absolute atomic E-state index is 12.2. The van der Waals surface area contributed by atoms with Crippen LogP contribution in [0.25, 0.3) is 0 Å². The smallest absolute Gasteiger partial charge is 0.338 e. The lowest BCUT2D eigenvalue weighted by Gasteiger charge is -2.27. The third-order valence-electron chi connectivity index (χ3n) is 5.78. The van der Waals surface area contributed by atoms with Crippen LogP contribution in [0.15, 0.2) is 24.3 Å². The zero-order valence-electron chi connectivity index (χ0n) is 19.1. The van der Waals surface area contributed by atoms with Crippen LogP contribution in [0.4, 0.5) is 0 Å². The van der Waals surface area contributed by atoms with Crippen molar-refractivity contribution < 1.29 is 38.9 Å². The van der Waals surface area contributed by atoms with Gasteiger partial charge in [0.1, 0.15) is 5.60 Å². The molecule has 0 heterocycles. The summed E-state index contributed by atoms with van der Waals surface area (Å²) in [7, 11) is 0. The average molecular weight is 449 g/mol. The summed E-state index contributed by atoms with van der Waals surface area (Å²) in [6.45, 7) is 7.24. The summed E-state index contributed by atoms with van der Waals surface area (Å²) in [6, 6.07) is 6.10. The van der Waals surface area contributed by atoms with E-state index in [1.165, 1.54) is 12.1 Å². The molecule has 32 heavy (non-hydrogen) atoms. The van der Waals surface area contributed by atoms with E-state index in [4.69, 9.17) is 9.47 Å². The van der Waals surface area contributed by atoms with Gasteiger partial charge in [-0.05, 0) is 82.9 Å². The molecule has 0 spiro atoms. The Labute approximate surface area is 187 Å². The molecule has 2 N–H and O–H groups in total. The van der Waals surface area contributed by atoms with E-state index >= 15 is 0 Å². The molecule has 0 atom stereocenters. The van der Waals surface area contributed by atoms with Gasteiger partial charge in [-0.15, -0.1) is 0 Å². The highest BCUT2D eigenvalue weighted by Crippen LogP contribution is 2.54. The Hall–Kier alpha value is -2.90. The molecule has 0 aromatic heterocycles. The van der Waals surface area contributed by atoms with Gasteiger partial charge in [0.05, 0.1) is 18.6 Å². The quantitative estimate of drug-likeness (QED) is 0.386. The Kier molecular flexibility index (Phi) is 7.70. The van der Waals surface area contributed by atoms with Crippen LogP contribution >= 0.6 is 0 Å². The fourth-order valence-electron chi connectivity index (χ4n) is 3.68. The van der Waals surface area contributed by atoms with Crippen molar-refractivity contribution in [2.24, 2.45) is 10.8 Å². The fourth-order valence-corrected chi connectivity index (χ4v) is 3.68. The third-order valence-corrected chi connectivity index (χ3v) is 5.78. The molecule has 0 amide bonds. The van der Waals surface area contributed by atoms with Crippen molar-refractivity contribution in [3.05, 3.63) is 35.4 Å². The van der Waals surface area contributed by atoms with Crippen molar-refractivity contribution in [3.63, 3.8) is 0 Å². The first kappa shape index (κ1) is 25.4. The molecule has 1 saturated carbocycles. The molecule has 8 nitrogen and oxygen atoms in total. The number of hydrogen-bond acceptors (Lipinski definition) is 6. The van der Waals surface area contributed by atoms with Crippen LogP contribution in [0.2, 0.25) is 0 Å². The van der Waals surface area contributed by atoms with Gasteiger partial charge in [-0.25, -0.2) is 4.79 Å². The van der Waals surface area contributed by atoms with Gasteiger partial charge in [-0.1, -0.05) is 12.1 Å². The van der Waals surface area contributed by atoms with E-state index in [0.29, 0.717) is 17.5 Å². The number of hydrogen-bond donors (Lipinski definition) is 2. The minimum atomic E-state index is -2.03. The number of esters is 2. The highest BCUT2D eigenvalue weighted by atomic mass is 16.6. The second-order valence-corrected chi connectivity index (χ2v) is 9.55. The highest BCUT2D eigenvalue weighted by molar-refractivity contribution is 5.98. The average Bonchev–Trinajstić information content (AvgIpc) is 3.43. The molecule has 8 heteroatoms. The molecule has 0 saturated heterocycles. The van der Waals surface area contributed by atoms with Gasteiger partial charge in [-0.2, -0.15) is 0 Å². The summed E-state index contributed by atoms with van der Waals surface area (Å²) in [5.41, 5.74) is -2.29. The number of carbonyl (C=O) groups excluding carboxylic acids is 2. The van der Waals surface area contributed by atoms with E-state index in [0.717, 1.165) is 12.8 Å². The summed E-state index contributed by atoms with van der Waals surface area (Å²) in [5.74, 6) is -3.71. The van der Waals surface area contributed by atoms with Crippen LogP contribution < -0.4 is 0 Å². The predicted octanol–water partition coefficient (Wildman–Crippen LogP) is 3.85. The highest BCUT2D eigenvalue weighted by Gasteiger charge is 2.51. The van der Waals surface area contributed by atoms with E-state index in [-0.39, 0.29) is 37.3 Å². The van der Waals surface area contributed by atoms with Crippen molar-refractivity contribution in [1.82, 2.24) is 0 Å². The molecule has 0 unspecified atom stereocenters. The first-order valence-electron chi connectivity index (χ1n) is 10.8. The maximum Gasteiger partial charge on any atom is 0.338 e. The Balaban J connectivity index is 2.16. The standard InChI is InChI=1S/C24H32O8/c1-5-31-18(25)15-23(10-11-23)12-13-24(20(27)28,21(29)30)14-16-6-8-17(9-7-16)19(26)32-22(2,3)4/h6-9H,5,10-15H2,1-4H3,(H,27,28)(H,29,30). The summed E-state index contributed by atoms with van der Waals surface area (Å²) in [4.78, 5) is 48.3. The van der Waals surface area contributed by atoms with Crippen LogP contribution in [0, 0.1) is 10.8 Å². The molecule has 1 aromatic rings. The summed E-state index contributed by atoms with van der Waals surface area (Å²) in [5, 5.41) is 19.7. The molecule has 2 rings (SSSR count). The van der Waals surface area contributed by atoms with Crippen LogP contribution in [-0.2, 0) is 30.3 Å². The van der Waals surface area contributed by atoms with Crippen LogP contribution in [0.1, 0.15) is 75.7 Å². The molecule has 1 aliphatic rings. The number of carboxylic acids is 2. The second kappa shape index (κ2) is 9.71. The minimum absolute atomic E-state index is 0.106. The number of ether oxygens (including phenoxy) is 2. The van der Waals surface area contributed by atoms with E-state index in [1.54, 1.807) is 39.8 Å². The molecular weight excluding hydrogens is 416 g/mol. The van der Waals surface area contributed by atoms with E-state index < -0.39 is 28.9 Å². The number of rotatable bonds is 11. The summed E-state index contributed by atoms with van der Waals surface area (Å²) >= 11 is 0. The van der Waals surface area contributed by atoms with E-state index in [9.17, 15) is 29.4 Å². The van der Waals surface area contributed by atoms with Crippen molar-refractivity contribution in [2.75, 3.05) is 6.61 Å². The van der Waals surface area contributed by atoms with Crippen molar-refractivity contribution in [3.8, 4) is 0 Å². The third kappa shape index (κ3) is 6.55. The Bertz CT molecular complexity index is 845. The second-order valence-electron chi connectivity index (χ2n) is 9.55. The van der Waals surface area contributed by atoms with Crippen LogP contribution in [-0.4, -0.2) is 46.3 Å². The molecule has 1 aliphatic carbocycles. The number of carbonyl (C=O) groups is 4. The Morgan fingerprint density at radius 1 is 1.00 bits per heavy atom. The molecule has 1 aromatic carbocycles. The van der Waals surface area contributed by atoms with Gasteiger partial charge in [0.25, 0.3) is 0 Å². The summed E-state index contributed by atoms with van der Waals surface area (Å²) in [6.07, 6.45) is 1.62. The predicted molar refractivity (Wildman–Crippen MR) is 115 cm³/mol. The van der Waals surface area contributed by atoms with Crippen molar-refractivity contribution >= 4 is 23.9 Å². The minimum Gasteiger partial charge on any atom is -0.480 e. The molecule has 1 fully saturated rings. The molecular formula is C24H32O8. The topological polar surface area (TPSA) is 127 Å². The maximum atomic E-state index is 12.2. The van der Waals surface area contributed by atoms with Gasteiger partial charge in [0, 0.05) is 0 Å². The molecule has 0 radical (unpaired) electrons. The Morgan fingerprint density at radius 2 is 1.56 bits per heavy atom. The number of benzene rings is 1. The molecule has 0 aliphatic heterocycles. The normalized spacial score (nSPS) is 15.0. The summed E-state index contributed by atoms with van der Waals surface area (Å²) < 4.78 is 10.3. The molecule has 0 bridgehead atoms. The van der Waals surface area contributed by atoms with Crippen molar-refractivity contribution in [1.29, 1.82) is 0 Å². The largest absolute Gasteiger partial charge is 0.480 e. The van der Waals surface area contributed by atoms with Gasteiger partial charge in [0.2, 0.25) is 0 Å². The SMILES string of the molecule is CCOC(=O)CC1(CCC(Cc2ccc(C(=O)OC(C)(C)C)cc2)(C(=O)O)C(=O)O)CC1. The van der Waals surface area contributed by atoms with Crippen LogP contribution in [0.3, 0.4) is 0 Å². The van der Waals surface area contributed by atoms with E-state index in [2.05, 4.69) is 0 Å². The molecule has 176 valence electrons. The first-order chi connectivity index (χ1) is 14.8. The van der Waals surface area contributed by atoms with Gasteiger partial charge >= 0.3 is 23.9 Å². The Morgan fingerprint density at radius 3 is 2.00 bits per heavy atom. The number of aliphatic carboxylic acids is 2. The van der Waals surface area contributed by atoms with Crippen LogP contribution in [0.5, 0.6) is 0 Å². The zero-order chi connectivity index (χ0) is 24.2. The van der Waals surface area contributed by atoms with Crippen molar-refractivity contribution in [2.45, 2.75) is 71.8 Å².